The molecule has 1 aliphatic rings. The van der Waals surface area contributed by atoms with Crippen LogP contribution in [0.1, 0.15) is 48.8 Å². The van der Waals surface area contributed by atoms with E-state index in [1.54, 1.807) is 24.3 Å². The Morgan fingerprint density at radius 2 is 1.88 bits per heavy atom. The maximum Gasteiger partial charge on any atom is 0.417 e. The summed E-state index contributed by atoms with van der Waals surface area (Å²) in [6, 6.07) is 11.5. The third-order valence-corrected chi connectivity index (χ3v) is 6.03. The number of nitrogens with one attached hydrogen (secondary N) is 1. The van der Waals surface area contributed by atoms with E-state index >= 15 is 0 Å². The van der Waals surface area contributed by atoms with E-state index in [0.29, 0.717) is 24.2 Å². The quantitative estimate of drug-likeness (QED) is 0.649. The smallest absolute Gasteiger partial charge is 0.417 e. The van der Waals surface area contributed by atoms with Gasteiger partial charge in [0.25, 0.3) is 5.91 Å². The van der Waals surface area contributed by atoms with Gasteiger partial charge in [0.05, 0.1) is 24.3 Å². The van der Waals surface area contributed by atoms with E-state index in [4.69, 9.17) is 10.00 Å². The van der Waals surface area contributed by atoms with Crippen LogP contribution in [-0.2, 0) is 17.4 Å². The van der Waals surface area contributed by atoms with Crippen molar-refractivity contribution in [2.24, 2.45) is 5.92 Å². The van der Waals surface area contributed by atoms with Crippen molar-refractivity contribution in [1.29, 1.82) is 5.26 Å². The second kappa shape index (κ2) is 9.61. The Morgan fingerprint density at radius 3 is 2.50 bits per heavy atom. The highest BCUT2D eigenvalue weighted by Gasteiger charge is 2.45. The predicted molar refractivity (Wildman–Crippen MR) is 113 cm³/mol. The molecule has 5 nitrogen and oxygen atoms in total. The highest BCUT2D eigenvalue weighted by Crippen LogP contribution is 2.38. The fourth-order valence-electron chi connectivity index (χ4n) is 4.32. The van der Waals surface area contributed by atoms with Gasteiger partial charge in [0.2, 0.25) is 0 Å². The van der Waals surface area contributed by atoms with Crippen LogP contribution in [0.3, 0.4) is 0 Å². The Bertz CT molecular complexity index is 1010. The first-order chi connectivity index (χ1) is 15.2. The van der Waals surface area contributed by atoms with Crippen LogP contribution >= 0.6 is 0 Å². The Hall–Kier alpha value is -3.05. The van der Waals surface area contributed by atoms with Gasteiger partial charge in [-0.15, -0.1) is 0 Å². The third-order valence-electron chi connectivity index (χ3n) is 6.03. The molecule has 1 unspecified atom stereocenters. The Balaban J connectivity index is 1.95. The van der Waals surface area contributed by atoms with Crippen LogP contribution in [-0.4, -0.2) is 23.7 Å². The zero-order valence-electron chi connectivity index (χ0n) is 17.7. The summed E-state index contributed by atoms with van der Waals surface area (Å²) in [6.07, 6.45) is -0.769. The van der Waals surface area contributed by atoms with E-state index in [1.165, 1.54) is 19.2 Å². The lowest BCUT2D eigenvalue weighted by atomic mass is 9.73. The molecule has 1 aliphatic carbocycles. The van der Waals surface area contributed by atoms with E-state index in [9.17, 15) is 23.1 Å². The molecule has 2 N–H and O–H groups in total. The zero-order valence-corrected chi connectivity index (χ0v) is 17.7. The topological polar surface area (TPSA) is 82.3 Å². The third kappa shape index (κ3) is 5.05. The number of anilines is 1. The van der Waals surface area contributed by atoms with Gasteiger partial charge in [-0.05, 0) is 48.6 Å². The van der Waals surface area contributed by atoms with Gasteiger partial charge in [0, 0.05) is 12.1 Å². The molecule has 0 radical (unpaired) electrons. The first kappa shape index (κ1) is 23.6. The average Bonchev–Trinajstić information content (AvgIpc) is 2.79. The maximum absolute atomic E-state index is 13.3. The lowest BCUT2D eigenvalue weighted by Gasteiger charge is -2.37. The number of methoxy groups -OCH3 is 1. The van der Waals surface area contributed by atoms with Crippen LogP contribution in [0.25, 0.3) is 0 Å². The summed E-state index contributed by atoms with van der Waals surface area (Å²) in [7, 11) is 1.49. The molecule has 8 heteroatoms. The molecule has 0 saturated heterocycles. The molecule has 32 heavy (non-hydrogen) atoms. The van der Waals surface area contributed by atoms with Gasteiger partial charge in [-0.25, -0.2) is 0 Å². The molecule has 0 heterocycles. The van der Waals surface area contributed by atoms with Gasteiger partial charge < -0.3 is 15.2 Å². The minimum Gasteiger partial charge on any atom is -0.496 e. The summed E-state index contributed by atoms with van der Waals surface area (Å²) >= 11 is 0. The molecule has 2 aromatic carbocycles. The molecule has 0 spiro atoms. The van der Waals surface area contributed by atoms with Crippen LogP contribution in [0.15, 0.2) is 42.5 Å². The molecular weight excluding hydrogens is 421 g/mol. The van der Waals surface area contributed by atoms with Crippen LogP contribution in [0.2, 0.25) is 0 Å². The summed E-state index contributed by atoms with van der Waals surface area (Å²) in [5, 5.41) is 23.1. The first-order valence-electron chi connectivity index (χ1n) is 10.5. The molecule has 0 bridgehead atoms. The number of carbonyl (C=O) groups excluding carboxylic acids is 1. The molecule has 2 aromatic rings. The second-order valence-corrected chi connectivity index (χ2v) is 8.07. The lowest BCUT2D eigenvalue weighted by molar-refractivity contribution is -0.142. The van der Waals surface area contributed by atoms with E-state index < -0.39 is 28.8 Å². The second-order valence-electron chi connectivity index (χ2n) is 8.07. The van der Waals surface area contributed by atoms with Crippen LogP contribution in [0, 0.1) is 17.2 Å². The molecule has 0 aromatic heterocycles. The number of carbonyl (C=O) groups is 1. The summed E-state index contributed by atoms with van der Waals surface area (Å²) in [6.45, 7) is 0. The minimum absolute atomic E-state index is 0.0318. The molecule has 1 fully saturated rings. The largest absolute Gasteiger partial charge is 0.496 e. The van der Waals surface area contributed by atoms with E-state index in [2.05, 4.69) is 5.32 Å². The number of benzene rings is 2. The monoisotopic (exact) mass is 446 g/mol. The number of halogens is 3. The Labute approximate surface area is 184 Å². The van der Waals surface area contributed by atoms with Gasteiger partial charge in [0.1, 0.15) is 11.4 Å². The van der Waals surface area contributed by atoms with Crippen molar-refractivity contribution in [3.05, 3.63) is 59.2 Å². The first-order valence-corrected chi connectivity index (χ1v) is 10.5. The molecule has 0 aliphatic heterocycles. The fourth-order valence-corrected chi connectivity index (χ4v) is 4.32. The maximum atomic E-state index is 13.3. The highest BCUT2D eigenvalue weighted by atomic mass is 19.4. The number of nitrogens with zero attached hydrogens (tertiary/aromatic N) is 1. The molecule has 1 amide bonds. The SMILES string of the molecule is COc1ccccc1CC(O)(C(=O)Nc1ccc(C#N)c(C(F)(F)F)c1)C1CCCCC1. The number of para-hydroxylation sites is 1. The summed E-state index contributed by atoms with van der Waals surface area (Å²) in [5.41, 5.74) is -3.00. The average molecular weight is 446 g/mol. The number of ether oxygens (including phenoxy) is 1. The standard InChI is InChI=1S/C24H25F3N2O3/c1-32-21-10-6-5-7-16(21)14-23(31,18-8-3-2-4-9-18)22(30)29-19-12-11-17(15-28)20(13-19)24(25,26)27/h5-7,10-13,18,31H,2-4,8-9,14H2,1H3,(H,29,30). The summed E-state index contributed by atoms with van der Waals surface area (Å²) in [5.74, 6) is -0.595. The van der Waals surface area contributed by atoms with Crippen molar-refractivity contribution in [2.45, 2.75) is 50.3 Å². The van der Waals surface area contributed by atoms with Crippen LogP contribution < -0.4 is 10.1 Å². The molecule has 1 saturated carbocycles. The molecule has 3 rings (SSSR count). The summed E-state index contributed by atoms with van der Waals surface area (Å²) in [4.78, 5) is 13.3. The number of amides is 1. The van der Waals surface area contributed by atoms with E-state index in [-0.39, 0.29) is 18.0 Å². The normalized spacial score (nSPS) is 16.6. The predicted octanol–water partition coefficient (Wildman–Crippen LogP) is 5.08. The number of alkyl halides is 3. The van der Waals surface area contributed by atoms with Crippen molar-refractivity contribution in [3.8, 4) is 11.8 Å². The van der Waals surface area contributed by atoms with Crippen molar-refractivity contribution in [1.82, 2.24) is 0 Å². The number of hydrogen-bond acceptors (Lipinski definition) is 4. The van der Waals surface area contributed by atoms with Gasteiger partial charge >= 0.3 is 6.18 Å². The van der Waals surface area contributed by atoms with Gasteiger partial charge in [-0.3, -0.25) is 4.79 Å². The molecule has 1 atom stereocenters. The number of rotatable bonds is 6. The molecule has 170 valence electrons. The van der Waals surface area contributed by atoms with Crippen LogP contribution in [0.5, 0.6) is 5.75 Å². The van der Waals surface area contributed by atoms with Crippen LogP contribution in [0.4, 0.5) is 18.9 Å². The molecular formula is C24H25F3N2O3. The lowest BCUT2D eigenvalue weighted by Crippen LogP contribution is -2.51. The number of aliphatic hydroxyl groups is 1. The number of nitriles is 1. The van der Waals surface area contributed by atoms with Crippen molar-refractivity contribution >= 4 is 11.6 Å². The minimum atomic E-state index is -4.75. The fraction of sp³-hybridized carbons (Fsp3) is 0.417. The van der Waals surface area contributed by atoms with Gasteiger partial charge in [-0.2, -0.15) is 18.4 Å². The highest BCUT2D eigenvalue weighted by molar-refractivity contribution is 5.97. The zero-order chi connectivity index (χ0) is 23.4. The summed E-state index contributed by atoms with van der Waals surface area (Å²) < 4.78 is 45.3. The van der Waals surface area contributed by atoms with E-state index in [0.717, 1.165) is 31.4 Å². The van der Waals surface area contributed by atoms with Crippen molar-refractivity contribution in [3.63, 3.8) is 0 Å². The van der Waals surface area contributed by atoms with Crippen molar-refractivity contribution < 1.29 is 27.8 Å². The van der Waals surface area contributed by atoms with Crippen molar-refractivity contribution in [2.75, 3.05) is 12.4 Å². The van der Waals surface area contributed by atoms with Gasteiger partial charge in [0.15, 0.2) is 0 Å². The Morgan fingerprint density at radius 1 is 1.19 bits per heavy atom. The van der Waals surface area contributed by atoms with Gasteiger partial charge in [-0.1, -0.05) is 37.5 Å². The van der Waals surface area contributed by atoms with E-state index in [1.807, 2.05) is 0 Å². The number of hydrogen-bond donors (Lipinski definition) is 2. The Kier molecular flexibility index (Phi) is 7.09.